The van der Waals surface area contributed by atoms with Crippen molar-refractivity contribution in [3.8, 4) is 0 Å². The van der Waals surface area contributed by atoms with Gasteiger partial charge in [-0.1, -0.05) is 11.8 Å². The van der Waals surface area contributed by atoms with Gasteiger partial charge in [0.1, 0.15) is 11.6 Å². The van der Waals surface area contributed by atoms with Crippen LogP contribution in [0.5, 0.6) is 0 Å². The molecule has 0 saturated heterocycles. The van der Waals surface area contributed by atoms with E-state index in [0.717, 1.165) is 44.9 Å². The van der Waals surface area contributed by atoms with E-state index >= 15 is 0 Å². The average Bonchev–Trinajstić information content (AvgIpc) is 2.95. The Morgan fingerprint density at radius 2 is 2.26 bits per heavy atom. The molecule has 0 amide bonds. The van der Waals surface area contributed by atoms with Crippen LogP contribution in [0.15, 0.2) is 22.5 Å². The Morgan fingerprint density at radius 3 is 3.05 bits per heavy atom. The van der Waals surface area contributed by atoms with Crippen LogP contribution in [0.2, 0.25) is 0 Å². The van der Waals surface area contributed by atoms with E-state index in [1.165, 1.54) is 11.5 Å². The van der Waals surface area contributed by atoms with Crippen molar-refractivity contribution < 1.29 is 0 Å². The molecule has 98 valence electrons. The first-order valence-corrected chi connectivity index (χ1v) is 7.64. The number of hydrogen-bond donors (Lipinski definition) is 2. The van der Waals surface area contributed by atoms with Crippen LogP contribution in [-0.4, -0.2) is 25.1 Å². The highest BCUT2D eigenvalue weighted by Crippen LogP contribution is 2.21. The summed E-state index contributed by atoms with van der Waals surface area (Å²) in [6.45, 7) is 1.91. The zero-order chi connectivity index (χ0) is 13.2. The monoisotopic (exact) mass is 291 g/mol. The molecule has 3 N–H and O–H groups in total. The summed E-state index contributed by atoms with van der Waals surface area (Å²) in [5, 5.41) is 0. The van der Waals surface area contributed by atoms with Gasteiger partial charge in [0.15, 0.2) is 4.34 Å². The summed E-state index contributed by atoms with van der Waals surface area (Å²) in [6, 6.07) is 5.71. The zero-order valence-corrected chi connectivity index (χ0v) is 12.0. The van der Waals surface area contributed by atoms with Gasteiger partial charge in [0.25, 0.3) is 0 Å². The predicted octanol–water partition coefficient (Wildman–Crippen LogP) is 2.64. The first kappa shape index (κ1) is 12.4. The van der Waals surface area contributed by atoms with Gasteiger partial charge in [0.2, 0.25) is 0 Å². The molecule has 0 unspecified atom stereocenters. The molecule has 3 rings (SSSR count). The van der Waals surface area contributed by atoms with E-state index in [1.54, 1.807) is 11.8 Å². The van der Waals surface area contributed by atoms with Crippen LogP contribution in [0.4, 0.5) is 5.69 Å². The van der Waals surface area contributed by atoms with E-state index in [4.69, 9.17) is 5.73 Å². The Labute approximate surface area is 118 Å². The van der Waals surface area contributed by atoms with Gasteiger partial charge in [-0.25, -0.2) is 9.97 Å². The summed E-state index contributed by atoms with van der Waals surface area (Å²) in [4.78, 5) is 12.1. The lowest BCUT2D eigenvalue weighted by Gasteiger charge is -1.94. The number of aromatic amines is 1. The number of aromatic nitrogens is 4. The van der Waals surface area contributed by atoms with Crippen molar-refractivity contribution in [1.82, 2.24) is 19.3 Å². The second kappa shape index (κ2) is 5.18. The number of benzene rings is 1. The van der Waals surface area contributed by atoms with Crippen molar-refractivity contribution in [2.24, 2.45) is 0 Å². The van der Waals surface area contributed by atoms with Crippen molar-refractivity contribution in [3.63, 3.8) is 0 Å². The normalized spacial score (nSPS) is 11.2. The topological polar surface area (TPSA) is 80.5 Å². The molecule has 19 heavy (non-hydrogen) atoms. The molecule has 3 aromatic rings. The molecule has 0 spiro atoms. The van der Waals surface area contributed by atoms with E-state index in [2.05, 4.69) is 19.3 Å². The van der Waals surface area contributed by atoms with E-state index in [1.807, 2.05) is 25.1 Å². The minimum Gasteiger partial charge on any atom is -0.399 e. The fraction of sp³-hybridized carbons (Fsp3) is 0.250. The van der Waals surface area contributed by atoms with Gasteiger partial charge in [0, 0.05) is 17.9 Å². The smallest absolute Gasteiger partial charge is 0.170 e. The fourth-order valence-electron chi connectivity index (χ4n) is 1.77. The largest absolute Gasteiger partial charge is 0.399 e. The number of imidazole rings is 1. The summed E-state index contributed by atoms with van der Waals surface area (Å²) < 4.78 is 5.17. The molecule has 0 aliphatic carbocycles. The van der Waals surface area contributed by atoms with Gasteiger partial charge in [-0.05, 0) is 36.7 Å². The van der Waals surface area contributed by atoms with E-state index < -0.39 is 0 Å². The molecule has 1 aromatic carbocycles. The Bertz CT molecular complexity index is 703. The predicted molar refractivity (Wildman–Crippen MR) is 79.6 cm³/mol. The van der Waals surface area contributed by atoms with Crippen molar-refractivity contribution >= 4 is 40.0 Å². The van der Waals surface area contributed by atoms with Gasteiger partial charge in [-0.2, -0.15) is 4.37 Å². The van der Waals surface area contributed by atoms with Crippen molar-refractivity contribution in [2.45, 2.75) is 17.7 Å². The molecule has 2 heterocycles. The Balaban J connectivity index is 1.65. The first-order valence-electron chi connectivity index (χ1n) is 5.88. The first-order chi connectivity index (χ1) is 9.20. The lowest BCUT2D eigenvalue weighted by Crippen LogP contribution is -1.90. The standard InChI is InChI=1S/C12H13N5S2/c1-7-14-12(19-17-7)18-5-4-11-15-9-3-2-8(13)6-10(9)16-11/h2-3,6H,4-5,13H2,1H3,(H,15,16). The number of H-pyrrole nitrogens is 1. The molecule has 0 saturated carbocycles. The molecule has 0 aliphatic rings. The molecule has 7 heteroatoms. The molecule has 0 bridgehead atoms. The molecule has 0 radical (unpaired) electrons. The van der Waals surface area contributed by atoms with Gasteiger partial charge in [-0.3, -0.25) is 0 Å². The SMILES string of the molecule is Cc1nsc(SCCc2nc3ccc(N)cc3[nH]2)n1. The summed E-state index contributed by atoms with van der Waals surface area (Å²) in [5.41, 5.74) is 8.45. The van der Waals surface area contributed by atoms with Gasteiger partial charge in [0.05, 0.1) is 11.0 Å². The van der Waals surface area contributed by atoms with Crippen LogP contribution in [-0.2, 0) is 6.42 Å². The van der Waals surface area contributed by atoms with E-state index in [9.17, 15) is 0 Å². The highest BCUT2D eigenvalue weighted by molar-refractivity contribution is 8.00. The maximum atomic E-state index is 5.75. The van der Waals surface area contributed by atoms with Crippen LogP contribution in [0.25, 0.3) is 11.0 Å². The maximum absolute atomic E-state index is 5.75. The van der Waals surface area contributed by atoms with Crippen molar-refractivity contribution in [3.05, 3.63) is 29.8 Å². The molecular formula is C12H13N5S2. The van der Waals surface area contributed by atoms with Crippen LogP contribution >= 0.6 is 23.3 Å². The Hall–Kier alpha value is -1.60. The lowest BCUT2D eigenvalue weighted by molar-refractivity contribution is 1.01. The third-order valence-corrected chi connectivity index (χ3v) is 4.55. The molecule has 2 aromatic heterocycles. The number of nitrogens with zero attached hydrogens (tertiary/aromatic N) is 3. The number of nitrogens with one attached hydrogen (secondary N) is 1. The van der Waals surface area contributed by atoms with Crippen LogP contribution in [0, 0.1) is 6.92 Å². The molecule has 0 aliphatic heterocycles. The number of fused-ring (bicyclic) bond motifs is 1. The van der Waals surface area contributed by atoms with Gasteiger partial charge < -0.3 is 10.7 Å². The van der Waals surface area contributed by atoms with Gasteiger partial charge in [-0.15, -0.1) is 0 Å². The minimum atomic E-state index is 0.751. The van der Waals surface area contributed by atoms with Crippen molar-refractivity contribution in [1.29, 1.82) is 0 Å². The number of hydrogen-bond acceptors (Lipinski definition) is 6. The molecule has 0 atom stereocenters. The highest BCUT2D eigenvalue weighted by Gasteiger charge is 2.05. The zero-order valence-electron chi connectivity index (χ0n) is 10.4. The van der Waals surface area contributed by atoms with E-state index in [0.29, 0.717) is 0 Å². The lowest BCUT2D eigenvalue weighted by atomic mass is 10.3. The number of rotatable bonds is 4. The molecule has 5 nitrogen and oxygen atoms in total. The minimum absolute atomic E-state index is 0.751. The third-order valence-electron chi connectivity index (χ3n) is 2.63. The quantitative estimate of drug-likeness (QED) is 0.570. The number of nitrogens with two attached hydrogens (primary N) is 1. The molecular weight excluding hydrogens is 278 g/mol. The second-order valence-corrected chi connectivity index (χ2v) is 6.26. The maximum Gasteiger partial charge on any atom is 0.170 e. The summed E-state index contributed by atoms with van der Waals surface area (Å²) in [6.07, 6.45) is 0.873. The highest BCUT2D eigenvalue weighted by atomic mass is 32.2. The average molecular weight is 291 g/mol. The summed E-state index contributed by atoms with van der Waals surface area (Å²) in [5.74, 6) is 2.75. The Morgan fingerprint density at radius 1 is 1.37 bits per heavy atom. The Kier molecular flexibility index (Phi) is 3.39. The van der Waals surface area contributed by atoms with Crippen LogP contribution in [0.1, 0.15) is 11.6 Å². The second-order valence-electron chi connectivity index (χ2n) is 4.17. The van der Waals surface area contributed by atoms with Crippen LogP contribution < -0.4 is 5.73 Å². The summed E-state index contributed by atoms with van der Waals surface area (Å²) in [7, 11) is 0. The van der Waals surface area contributed by atoms with Crippen LogP contribution in [0.3, 0.4) is 0 Å². The van der Waals surface area contributed by atoms with Gasteiger partial charge >= 0.3 is 0 Å². The third kappa shape index (κ3) is 2.87. The van der Waals surface area contributed by atoms with Crippen molar-refractivity contribution in [2.75, 3.05) is 11.5 Å². The number of anilines is 1. The number of thioether (sulfide) groups is 1. The summed E-state index contributed by atoms with van der Waals surface area (Å²) >= 11 is 3.16. The van der Waals surface area contributed by atoms with E-state index in [-0.39, 0.29) is 0 Å². The molecule has 0 fully saturated rings. The number of aryl methyl sites for hydroxylation is 2. The number of nitrogen functional groups attached to an aromatic ring is 1. The fourth-order valence-corrected chi connectivity index (χ4v) is 3.43.